The van der Waals surface area contributed by atoms with E-state index in [1.54, 1.807) is 26.1 Å². The van der Waals surface area contributed by atoms with E-state index in [1.165, 1.54) is 23.5 Å². The lowest BCUT2D eigenvalue weighted by Gasteiger charge is -2.32. The highest BCUT2D eigenvalue weighted by Crippen LogP contribution is 2.32. The number of pyridine rings is 1. The fourth-order valence-electron chi connectivity index (χ4n) is 2.48. The molecular formula is C16H16ClN7O2. The van der Waals surface area contributed by atoms with E-state index in [0.29, 0.717) is 16.4 Å². The Morgan fingerprint density at radius 2 is 2.04 bits per heavy atom. The minimum atomic E-state index is -0.912. The molecule has 0 spiro atoms. The molecule has 0 aliphatic carbocycles. The molecular weight excluding hydrogens is 358 g/mol. The van der Waals surface area contributed by atoms with Gasteiger partial charge in [0.15, 0.2) is 5.96 Å². The van der Waals surface area contributed by atoms with Crippen LogP contribution < -0.4 is 11.1 Å². The smallest absolute Gasteiger partial charge is 0.293 e. The SMILES string of the molecule is CN1C(=O)CC(C)(c2cc(NC(=O)c3ncc(Cl)cn3)ccn2)N=C1N. The fourth-order valence-corrected chi connectivity index (χ4v) is 2.57. The minimum absolute atomic E-state index is 0.0179. The quantitative estimate of drug-likeness (QED) is 0.831. The van der Waals surface area contributed by atoms with Gasteiger partial charge in [0.05, 0.1) is 17.1 Å². The number of anilines is 1. The number of nitrogens with zero attached hydrogens (tertiary/aromatic N) is 5. The predicted octanol–water partition coefficient (Wildman–Crippen LogP) is 1.17. The first-order valence-electron chi connectivity index (χ1n) is 7.66. The maximum absolute atomic E-state index is 12.2. The molecule has 3 rings (SSSR count). The first kappa shape index (κ1) is 17.7. The lowest BCUT2D eigenvalue weighted by molar-refractivity contribution is -0.128. The van der Waals surface area contributed by atoms with E-state index in [1.807, 2.05) is 0 Å². The molecule has 0 fully saturated rings. The summed E-state index contributed by atoms with van der Waals surface area (Å²) in [5.41, 5.74) is 5.89. The van der Waals surface area contributed by atoms with Gasteiger partial charge in [0, 0.05) is 31.3 Å². The van der Waals surface area contributed by atoms with Crippen LogP contribution in [-0.4, -0.2) is 44.7 Å². The van der Waals surface area contributed by atoms with Gasteiger partial charge in [-0.2, -0.15) is 0 Å². The molecule has 2 amide bonds. The summed E-state index contributed by atoms with van der Waals surface area (Å²) in [6.07, 6.45) is 4.32. The van der Waals surface area contributed by atoms with Crippen LogP contribution in [0.15, 0.2) is 35.7 Å². The van der Waals surface area contributed by atoms with Crippen LogP contribution in [-0.2, 0) is 10.3 Å². The van der Waals surface area contributed by atoms with Gasteiger partial charge >= 0.3 is 0 Å². The third kappa shape index (κ3) is 3.47. The molecule has 1 aliphatic heterocycles. The molecule has 3 heterocycles. The van der Waals surface area contributed by atoms with E-state index in [9.17, 15) is 9.59 Å². The number of hydrogen-bond donors (Lipinski definition) is 2. The molecule has 1 unspecified atom stereocenters. The average Bonchev–Trinajstić information content (AvgIpc) is 2.60. The number of carbonyl (C=O) groups is 2. The zero-order valence-corrected chi connectivity index (χ0v) is 14.9. The second-order valence-corrected chi connectivity index (χ2v) is 6.42. The van der Waals surface area contributed by atoms with Gasteiger partial charge in [0.2, 0.25) is 11.7 Å². The lowest BCUT2D eigenvalue weighted by atomic mass is 9.91. The maximum atomic E-state index is 12.2. The number of amides is 2. The van der Waals surface area contributed by atoms with Gasteiger partial charge in [-0.3, -0.25) is 19.5 Å². The molecule has 0 saturated heterocycles. The predicted molar refractivity (Wildman–Crippen MR) is 95.6 cm³/mol. The molecule has 3 N–H and O–H groups in total. The third-order valence-corrected chi connectivity index (χ3v) is 4.16. The Kier molecular flexibility index (Phi) is 4.56. The summed E-state index contributed by atoms with van der Waals surface area (Å²) in [6, 6.07) is 3.26. The van der Waals surface area contributed by atoms with Crippen LogP contribution in [0.3, 0.4) is 0 Å². The molecule has 9 nitrogen and oxygen atoms in total. The normalized spacial score (nSPS) is 19.9. The Morgan fingerprint density at radius 3 is 2.69 bits per heavy atom. The van der Waals surface area contributed by atoms with E-state index in [-0.39, 0.29) is 24.1 Å². The molecule has 10 heteroatoms. The Labute approximate surface area is 154 Å². The molecule has 2 aromatic heterocycles. The van der Waals surface area contributed by atoms with Crippen molar-refractivity contribution in [3.63, 3.8) is 0 Å². The average molecular weight is 374 g/mol. The highest BCUT2D eigenvalue weighted by molar-refractivity contribution is 6.30. The number of guanidine groups is 1. The number of rotatable bonds is 3. The van der Waals surface area contributed by atoms with Crippen LogP contribution in [0.4, 0.5) is 5.69 Å². The van der Waals surface area contributed by atoms with Crippen molar-refractivity contribution in [2.75, 3.05) is 12.4 Å². The zero-order valence-electron chi connectivity index (χ0n) is 14.1. The van der Waals surface area contributed by atoms with E-state index in [2.05, 4.69) is 25.3 Å². The van der Waals surface area contributed by atoms with Crippen LogP contribution in [0.1, 0.15) is 29.7 Å². The van der Waals surface area contributed by atoms with E-state index in [4.69, 9.17) is 17.3 Å². The van der Waals surface area contributed by atoms with Crippen molar-refractivity contribution in [2.24, 2.45) is 10.7 Å². The van der Waals surface area contributed by atoms with Gasteiger partial charge in [-0.05, 0) is 19.1 Å². The summed E-state index contributed by atoms with van der Waals surface area (Å²) in [5.74, 6) is -0.553. The van der Waals surface area contributed by atoms with Crippen LogP contribution in [0.25, 0.3) is 0 Å². The molecule has 1 atom stereocenters. The Bertz CT molecular complexity index is 900. The molecule has 0 bridgehead atoms. The fraction of sp³-hybridized carbons (Fsp3) is 0.250. The second kappa shape index (κ2) is 6.68. The number of carbonyl (C=O) groups excluding carboxylic acids is 2. The first-order chi connectivity index (χ1) is 12.3. The zero-order chi connectivity index (χ0) is 18.9. The summed E-state index contributed by atoms with van der Waals surface area (Å²) in [4.78, 5) is 42.1. The molecule has 134 valence electrons. The summed E-state index contributed by atoms with van der Waals surface area (Å²) >= 11 is 5.71. The van der Waals surface area contributed by atoms with Crippen molar-refractivity contribution in [3.8, 4) is 0 Å². The lowest BCUT2D eigenvalue weighted by Crippen LogP contribution is -2.47. The Hall–Kier alpha value is -3.07. The molecule has 26 heavy (non-hydrogen) atoms. The van der Waals surface area contributed by atoms with Crippen molar-refractivity contribution >= 4 is 35.1 Å². The van der Waals surface area contributed by atoms with Crippen molar-refractivity contribution in [1.82, 2.24) is 19.9 Å². The Balaban J connectivity index is 1.85. The second-order valence-electron chi connectivity index (χ2n) is 5.98. The topological polar surface area (TPSA) is 126 Å². The highest BCUT2D eigenvalue weighted by atomic mass is 35.5. The van der Waals surface area contributed by atoms with Gasteiger partial charge in [0.1, 0.15) is 5.54 Å². The number of aliphatic imine (C=N–C) groups is 1. The van der Waals surface area contributed by atoms with E-state index < -0.39 is 11.4 Å². The molecule has 1 aliphatic rings. The first-order valence-corrected chi connectivity index (χ1v) is 8.03. The molecule has 0 radical (unpaired) electrons. The van der Waals surface area contributed by atoms with Gasteiger partial charge in [-0.1, -0.05) is 11.6 Å². The molecule has 2 aromatic rings. The summed E-state index contributed by atoms with van der Waals surface area (Å²) in [7, 11) is 1.57. The van der Waals surface area contributed by atoms with Crippen molar-refractivity contribution in [2.45, 2.75) is 18.9 Å². The van der Waals surface area contributed by atoms with Crippen LogP contribution in [0.5, 0.6) is 0 Å². The monoisotopic (exact) mass is 373 g/mol. The number of hydrogen-bond acceptors (Lipinski definition) is 7. The van der Waals surface area contributed by atoms with Crippen LogP contribution >= 0.6 is 11.6 Å². The van der Waals surface area contributed by atoms with Crippen LogP contribution in [0, 0.1) is 0 Å². The number of nitrogens with one attached hydrogen (secondary N) is 1. The third-order valence-electron chi connectivity index (χ3n) is 3.97. The van der Waals surface area contributed by atoms with Gasteiger partial charge in [-0.25, -0.2) is 15.0 Å². The van der Waals surface area contributed by atoms with Crippen molar-refractivity contribution in [3.05, 3.63) is 47.3 Å². The maximum Gasteiger partial charge on any atom is 0.293 e. The summed E-state index contributed by atoms with van der Waals surface area (Å²) in [5, 5.41) is 3.02. The van der Waals surface area contributed by atoms with Crippen molar-refractivity contribution in [1.29, 1.82) is 0 Å². The van der Waals surface area contributed by atoms with E-state index >= 15 is 0 Å². The molecule has 0 saturated carbocycles. The minimum Gasteiger partial charge on any atom is -0.369 e. The summed E-state index contributed by atoms with van der Waals surface area (Å²) in [6.45, 7) is 1.76. The molecule has 0 aromatic carbocycles. The summed E-state index contributed by atoms with van der Waals surface area (Å²) < 4.78 is 0. The number of nitrogens with two attached hydrogens (primary N) is 1. The Morgan fingerprint density at radius 1 is 1.35 bits per heavy atom. The highest BCUT2D eigenvalue weighted by Gasteiger charge is 2.37. The van der Waals surface area contributed by atoms with Gasteiger partial charge in [-0.15, -0.1) is 0 Å². The number of halogens is 1. The van der Waals surface area contributed by atoms with E-state index in [0.717, 1.165) is 0 Å². The van der Waals surface area contributed by atoms with Gasteiger partial charge in [0.25, 0.3) is 5.91 Å². The standard InChI is InChI=1S/C16H16ClN7O2/c1-16(6-12(25)24(2)15(18)23-16)11-5-10(3-4-19-11)22-14(26)13-20-7-9(17)8-21-13/h3-5,7-8H,6H2,1-2H3,(H2,18,23)(H,19,22,26). The van der Waals surface area contributed by atoms with Gasteiger partial charge < -0.3 is 11.1 Å². The van der Waals surface area contributed by atoms with Crippen molar-refractivity contribution < 1.29 is 9.59 Å². The largest absolute Gasteiger partial charge is 0.369 e. The van der Waals surface area contributed by atoms with Crippen LogP contribution in [0.2, 0.25) is 5.02 Å². The number of aromatic nitrogens is 3.